The van der Waals surface area contributed by atoms with Crippen molar-refractivity contribution >= 4 is 66.4 Å². The standard InChI is InChI=1S/C52H40N4/c1-53-31-27-37(28-32-53)47-35-48(38-29-33-54(2)34-30-38)44-24-26-46-50(56(41-19-11-5-12-20-41)42-21-13-6-14-22-42)36-49(45-25-23-43(47)51(44)52(45)46)55(39-15-7-3-8-16-39)40-17-9-4-10-18-40/h3-36H,1-2H3/q+2. The molecule has 0 aliphatic carbocycles. The summed E-state index contributed by atoms with van der Waals surface area (Å²) in [4.78, 5) is 4.83. The first kappa shape index (κ1) is 33.3. The molecule has 0 spiro atoms. The van der Waals surface area contributed by atoms with Gasteiger partial charge >= 0.3 is 0 Å². The molecule has 0 N–H and O–H groups in total. The van der Waals surface area contributed by atoms with E-state index in [1.165, 1.54) is 54.6 Å². The van der Waals surface area contributed by atoms with Gasteiger partial charge in [-0.05, 0) is 99.1 Å². The Kier molecular flexibility index (Phi) is 8.23. The largest absolute Gasteiger partial charge is 0.310 e. The van der Waals surface area contributed by atoms with Gasteiger partial charge in [-0.15, -0.1) is 0 Å². The Morgan fingerprint density at radius 2 is 0.625 bits per heavy atom. The molecule has 0 bridgehead atoms. The fraction of sp³-hybridized carbons (Fsp3) is 0.0385. The van der Waals surface area contributed by atoms with Gasteiger partial charge in [-0.25, -0.2) is 9.13 Å². The van der Waals surface area contributed by atoms with Crippen LogP contribution in [-0.2, 0) is 14.1 Å². The van der Waals surface area contributed by atoms with Gasteiger partial charge in [-0.3, -0.25) is 0 Å². The highest BCUT2D eigenvalue weighted by molar-refractivity contribution is 6.32. The molecule has 0 fully saturated rings. The average Bonchev–Trinajstić information content (AvgIpc) is 3.26. The van der Waals surface area contributed by atoms with Gasteiger partial charge in [0.05, 0.1) is 11.4 Å². The monoisotopic (exact) mass is 720 g/mol. The molecule has 10 aromatic rings. The normalized spacial score (nSPS) is 11.4. The average molecular weight is 721 g/mol. The lowest BCUT2D eigenvalue weighted by atomic mass is 9.85. The molecule has 0 saturated carbocycles. The van der Waals surface area contributed by atoms with Crippen molar-refractivity contribution in [3.63, 3.8) is 0 Å². The van der Waals surface area contributed by atoms with Gasteiger partial charge in [-0.2, -0.15) is 0 Å². The van der Waals surface area contributed by atoms with Gasteiger partial charge < -0.3 is 9.80 Å². The first-order chi connectivity index (χ1) is 27.6. The zero-order valence-electron chi connectivity index (χ0n) is 31.4. The van der Waals surface area contributed by atoms with Crippen LogP contribution in [0.1, 0.15) is 0 Å². The second kappa shape index (κ2) is 13.8. The molecular formula is C52H40N4+2. The number of aromatic nitrogens is 2. The molecule has 4 heteroatoms. The zero-order valence-corrected chi connectivity index (χ0v) is 31.4. The van der Waals surface area contributed by atoms with E-state index in [1.807, 2.05) is 0 Å². The van der Waals surface area contributed by atoms with E-state index in [2.05, 4.69) is 240 Å². The lowest BCUT2D eigenvalue weighted by Crippen LogP contribution is -2.25. The van der Waals surface area contributed by atoms with Crippen molar-refractivity contribution < 1.29 is 9.13 Å². The SMILES string of the molecule is C[n+]1ccc(-c2cc(-c3cc[n+](C)cc3)c3ccc4c(N(c5ccccc5)c5ccccc5)cc(N(c5ccccc5)c5ccccc5)c5ccc2c3c54)cc1. The molecule has 0 radical (unpaired) electrons. The Labute approximate surface area is 327 Å². The van der Waals surface area contributed by atoms with Crippen LogP contribution in [-0.4, -0.2) is 0 Å². The molecule has 266 valence electrons. The molecule has 56 heavy (non-hydrogen) atoms. The minimum atomic E-state index is 1.10. The molecule has 2 heterocycles. The van der Waals surface area contributed by atoms with Gasteiger partial charge in [0, 0.05) is 63.2 Å². The smallest absolute Gasteiger partial charge is 0.169 e. The maximum Gasteiger partial charge on any atom is 0.169 e. The van der Waals surface area contributed by atoms with Crippen molar-refractivity contribution in [2.75, 3.05) is 9.80 Å². The number of nitrogens with zero attached hydrogens (tertiary/aromatic N) is 4. The first-order valence-corrected chi connectivity index (χ1v) is 19.1. The first-order valence-electron chi connectivity index (χ1n) is 19.1. The molecule has 0 unspecified atom stereocenters. The van der Waals surface area contributed by atoms with E-state index in [1.54, 1.807) is 0 Å². The van der Waals surface area contributed by atoms with Crippen molar-refractivity contribution in [1.82, 2.24) is 0 Å². The van der Waals surface area contributed by atoms with Crippen LogP contribution >= 0.6 is 0 Å². The molecule has 0 aliphatic heterocycles. The summed E-state index contributed by atoms with van der Waals surface area (Å²) < 4.78 is 4.19. The topological polar surface area (TPSA) is 14.2 Å². The highest BCUT2D eigenvalue weighted by Gasteiger charge is 2.26. The number of hydrogen-bond acceptors (Lipinski definition) is 2. The minimum absolute atomic E-state index is 1.10. The van der Waals surface area contributed by atoms with E-state index in [0.717, 1.165) is 34.1 Å². The van der Waals surface area contributed by atoms with Crippen LogP contribution in [0.4, 0.5) is 34.1 Å². The van der Waals surface area contributed by atoms with Gasteiger partial charge in [0.25, 0.3) is 0 Å². The predicted molar refractivity (Wildman–Crippen MR) is 233 cm³/mol. The van der Waals surface area contributed by atoms with E-state index in [9.17, 15) is 0 Å². The zero-order chi connectivity index (χ0) is 37.6. The predicted octanol–water partition coefficient (Wildman–Crippen LogP) is 12.5. The second-order valence-corrected chi connectivity index (χ2v) is 14.5. The van der Waals surface area contributed by atoms with Crippen LogP contribution in [0.3, 0.4) is 0 Å². The fourth-order valence-corrected chi connectivity index (χ4v) is 8.33. The molecule has 0 saturated heterocycles. The van der Waals surface area contributed by atoms with Crippen molar-refractivity contribution in [2.24, 2.45) is 14.1 Å². The summed E-state index contributed by atoms with van der Waals surface area (Å²) in [5, 5.41) is 7.36. The van der Waals surface area contributed by atoms with Gasteiger partial charge in [-0.1, -0.05) is 97.1 Å². The van der Waals surface area contributed by atoms with E-state index >= 15 is 0 Å². The Morgan fingerprint density at radius 3 is 0.964 bits per heavy atom. The summed E-state index contributed by atoms with van der Waals surface area (Å²) in [6.45, 7) is 0. The van der Waals surface area contributed by atoms with E-state index in [-0.39, 0.29) is 0 Å². The van der Waals surface area contributed by atoms with E-state index in [0.29, 0.717) is 0 Å². The fourth-order valence-electron chi connectivity index (χ4n) is 8.33. The molecule has 0 aliphatic rings. The van der Waals surface area contributed by atoms with Crippen molar-refractivity contribution in [3.8, 4) is 22.3 Å². The van der Waals surface area contributed by atoms with Crippen LogP contribution in [0.2, 0.25) is 0 Å². The van der Waals surface area contributed by atoms with E-state index in [4.69, 9.17) is 0 Å². The highest BCUT2D eigenvalue weighted by atomic mass is 15.2. The Bertz CT molecular complexity index is 2670. The van der Waals surface area contributed by atoms with Crippen LogP contribution < -0.4 is 18.9 Å². The second-order valence-electron chi connectivity index (χ2n) is 14.5. The molecule has 0 amide bonds. The van der Waals surface area contributed by atoms with Gasteiger partial charge in [0.1, 0.15) is 14.1 Å². The lowest BCUT2D eigenvalue weighted by molar-refractivity contribution is -0.671. The Morgan fingerprint density at radius 1 is 0.321 bits per heavy atom. The molecule has 4 nitrogen and oxygen atoms in total. The summed E-state index contributed by atoms with van der Waals surface area (Å²) in [5.41, 5.74) is 11.4. The lowest BCUT2D eigenvalue weighted by Gasteiger charge is -2.32. The molecule has 0 atom stereocenters. The Hall–Kier alpha value is -7.30. The molecule has 8 aromatic carbocycles. The molecular weight excluding hydrogens is 681 g/mol. The summed E-state index contributed by atoms with van der Waals surface area (Å²) in [6.07, 6.45) is 8.56. The third kappa shape index (κ3) is 5.71. The highest BCUT2D eigenvalue weighted by Crippen LogP contribution is 2.52. The third-order valence-corrected chi connectivity index (χ3v) is 11.0. The summed E-state index contributed by atoms with van der Waals surface area (Å²) in [6, 6.07) is 66.1. The number of pyridine rings is 2. The number of aryl methyl sites for hydroxylation is 2. The maximum atomic E-state index is 2.42. The summed E-state index contributed by atoms with van der Waals surface area (Å²) >= 11 is 0. The maximum absolute atomic E-state index is 2.42. The third-order valence-electron chi connectivity index (χ3n) is 11.0. The van der Waals surface area contributed by atoms with Gasteiger partial charge in [0.15, 0.2) is 24.8 Å². The van der Waals surface area contributed by atoms with E-state index < -0.39 is 0 Å². The van der Waals surface area contributed by atoms with Crippen LogP contribution in [0.5, 0.6) is 0 Å². The number of hydrogen-bond donors (Lipinski definition) is 0. The molecule has 10 rings (SSSR count). The molecule has 2 aromatic heterocycles. The van der Waals surface area contributed by atoms with Crippen molar-refractivity contribution in [3.05, 3.63) is 207 Å². The number of para-hydroxylation sites is 4. The summed E-state index contributed by atoms with van der Waals surface area (Å²) in [5.74, 6) is 0. The van der Waals surface area contributed by atoms with Crippen LogP contribution in [0.25, 0.3) is 54.6 Å². The van der Waals surface area contributed by atoms with Gasteiger partial charge in [0.2, 0.25) is 0 Å². The van der Waals surface area contributed by atoms with Crippen molar-refractivity contribution in [2.45, 2.75) is 0 Å². The van der Waals surface area contributed by atoms with Crippen LogP contribution in [0.15, 0.2) is 207 Å². The number of anilines is 6. The quantitative estimate of drug-likeness (QED) is 0.115. The van der Waals surface area contributed by atoms with Crippen molar-refractivity contribution in [1.29, 1.82) is 0 Å². The number of rotatable bonds is 8. The number of benzene rings is 8. The Balaban J connectivity index is 1.40. The van der Waals surface area contributed by atoms with Crippen LogP contribution in [0, 0.1) is 0 Å². The minimum Gasteiger partial charge on any atom is -0.310 e. The summed E-state index contributed by atoms with van der Waals surface area (Å²) in [7, 11) is 4.14.